The van der Waals surface area contributed by atoms with Crippen molar-refractivity contribution < 1.29 is 53.6 Å². The van der Waals surface area contributed by atoms with Gasteiger partial charge in [0.15, 0.2) is 0 Å². The number of carbonyl (C=O) groups is 5. The minimum atomic E-state index is -4.76. The topological polar surface area (TPSA) is 228 Å². The number of hydrogen-bond donors (Lipinski definition) is 7. The molecule has 2 atom stereocenters. The smallest absolute Gasteiger partial charge is 0.334 e. The Bertz CT molecular complexity index is 599. The molecular formula is C11H17N2O11P. The van der Waals surface area contributed by atoms with Crippen LogP contribution in [0.2, 0.25) is 0 Å². The Morgan fingerprint density at radius 1 is 0.880 bits per heavy atom. The molecule has 2 amide bonds. The number of carboxylic acid groups (broad SMARTS) is 3. The van der Waals surface area contributed by atoms with Crippen molar-refractivity contribution in [1.29, 1.82) is 0 Å². The Labute approximate surface area is 140 Å². The van der Waals surface area contributed by atoms with E-state index in [-0.39, 0.29) is 0 Å². The maximum atomic E-state index is 11.9. The van der Waals surface area contributed by atoms with E-state index in [1.807, 2.05) is 5.32 Å². The van der Waals surface area contributed by atoms with Crippen LogP contribution in [0.4, 0.5) is 0 Å². The molecule has 0 saturated carbocycles. The van der Waals surface area contributed by atoms with Gasteiger partial charge in [0, 0.05) is 6.42 Å². The molecule has 13 nitrogen and oxygen atoms in total. The summed E-state index contributed by atoms with van der Waals surface area (Å²) in [5.41, 5.74) is 0. The van der Waals surface area contributed by atoms with E-state index in [9.17, 15) is 28.5 Å². The zero-order chi connectivity index (χ0) is 19.8. The molecule has 0 fully saturated rings. The predicted molar refractivity (Wildman–Crippen MR) is 77.5 cm³/mol. The van der Waals surface area contributed by atoms with E-state index < -0.39 is 74.8 Å². The lowest BCUT2D eigenvalue weighted by Gasteiger charge is -2.20. The number of hydrogen-bond acceptors (Lipinski definition) is 6. The van der Waals surface area contributed by atoms with Crippen molar-refractivity contribution in [2.75, 3.05) is 6.16 Å². The summed E-state index contributed by atoms with van der Waals surface area (Å²) in [7, 11) is -4.76. The first-order valence-electron chi connectivity index (χ1n) is 6.62. The van der Waals surface area contributed by atoms with Crippen LogP contribution in [0.3, 0.4) is 0 Å². The summed E-state index contributed by atoms with van der Waals surface area (Å²) >= 11 is 0. The van der Waals surface area contributed by atoms with Gasteiger partial charge in [-0.05, 0) is 6.42 Å². The number of carbonyl (C=O) groups excluding carboxylic acids is 2. The average Bonchev–Trinajstić information content (AvgIpc) is 2.39. The van der Waals surface area contributed by atoms with Crippen molar-refractivity contribution in [3.8, 4) is 0 Å². The van der Waals surface area contributed by atoms with E-state index in [2.05, 4.69) is 0 Å². The second-order valence-electron chi connectivity index (χ2n) is 4.87. The molecule has 0 rings (SSSR count). The van der Waals surface area contributed by atoms with Crippen LogP contribution in [-0.2, 0) is 28.5 Å². The third-order valence-corrected chi connectivity index (χ3v) is 3.34. The van der Waals surface area contributed by atoms with Crippen LogP contribution < -0.4 is 10.6 Å². The highest BCUT2D eigenvalue weighted by molar-refractivity contribution is 7.52. The highest BCUT2D eigenvalue weighted by Crippen LogP contribution is 2.33. The van der Waals surface area contributed by atoms with Gasteiger partial charge in [0.1, 0.15) is 18.2 Å². The van der Waals surface area contributed by atoms with E-state index >= 15 is 0 Å². The van der Waals surface area contributed by atoms with E-state index in [1.54, 1.807) is 5.32 Å². The van der Waals surface area contributed by atoms with Gasteiger partial charge >= 0.3 is 25.5 Å². The van der Waals surface area contributed by atoms with Crippen molar-refractivity contribution in [2.45, 2.75) is 31.3 Å². The molecule has 0 aromatic rings. The number of amides is 2. The van der Waals surface area contributed by atoms with E-state index in [0.717, 1.165) is 0 Å². The average molecular weight is 384 g/mol. The molecule has 0 spiro atoms. The molecule has 0 aliphatic heterocycles. The summed E-state index contributed by atoms with van der Waals surface area (Å²) in [6, 6.07) is -3.46. The monoisotopic (exact) mass is 384 g/mol. The van der Waals surface area contributed by atoms with Crippen LogP contribution >= 0.6 is 7.60 Å². The minimum absolute atomic E-state index is 0.493. The van der Waals surface area contributed by atoms with Crippen LogP contribution in [0.25, 0.3) is 0 Å². The highest BCUT2D eigenvalue weighted by atomic mass is 31.2. The van der Waals surface area contributed by atoms with Gasteiger partial charge in [-0.15, -0.1) is 0 Å². The van der Waals surface area contributed by atoms with Gasteiger partial charge in [0.25, 0.3) is 0 Å². The molecule has 0 aromatic carbocycles. The summed E-state index contributed by atoms with van der Waals surface area (Å²) in [4.78, 5) is 72.9. The van der Waals surface area contributed by atoms with E-state index in [1.165, 1.54) is 0 Å². The molecule has 0 aliphatic rings. The predicted octanol–water partition coefficient (Wildman–Crippen LogP) is -2.44. The fourth-order valence-corrected chi connectivity index (χ4v) is 2.07. The third kappa shape index (κ3) is 10.8. The lowest BCUT2D eigenvalue weighted by atomic mass is 10.1. The maximum Gasteiger partial charge on any atom is 0.334 e. The molecule has 0 bridgehead atoms. The number of nitrogens with one attached hydrogen (secondary N) is 2. The summed E-state index contributed by atoms with van der Waals surface area (Å²) in [6.45, 7) is 0. The van der Waals surface area contributed by atoms with Gasteiger partial charge in [-0.1, -0.05) is 0 Å². The van der Waals surface area contributed by atoms with Gasteiger partial charge in [-0.3, -0.25) is 23.7 Å². The standard InChI is InChI=1S/C11H17N2O11P/c14-7(4-25(22,23)24)12-6(3-9(17)18)10(19)13-5(11(20)21)1-2-8(15)16/h5-6H,1-4H2,(H,12,14)(H,13,19)(H,15,16)(H,17,18)(H,20,21)(H2,22,23,24)/t5-,6+/m1/s1. The van der Waals surface area contributed by atoms with Gasteiger partial charge in [-0.2, -0.15) is 0 Å². The molecule has 0 unspecified atom stereocenters. The highest BCUT2D eigenvalue weighted by Gasteiger charge is 2.30. The Kier molecular flexibility index (Phi) is 8.74. The van der Waals surface area contributed by atoms with Crippen molar-refractivity contribution in [3.63, 3.8) is 0 Å². The van der Waals surface area contributed by atoms with Crippen molar-refractivity contribution in [3.05, 3.63) is 0 Å². The Balaban J connectivity index is 5.04. The zero-order valence-corrected chi connectivity index (χ0v) is 13.5. The quantitative estimate of drug-likeness (QED) is 0.185. The SMILES string of the molecule is O=C(O)CC[C@@H](NC(=O)[C@H](CC(=O)O)NC(=O)CP(=O)(O)O)C(=O)O. The molecule has 25 heavy (non-hydrogen) atoms. The van der Waals surface area contributed by atoms with Crippen molar-refractivity contribution in [2.24, 2.45) is 0 Å². The number of aliphatic carboxylic acids is 3. The first kappa shape index (κ1) is 22.5. The normalized spacial score (nSPS) is 13.4. The van der Waals surface area contributed by atoms with Gasteiger partial charge in [-0.25, -0.2) is 4.79 Å². The Morgan fingerprint density at radius 3 is 1.84 bits per heavy atom. The first-order valence-corrected chi connectivity index (χ1v) is 8.42. The van der Waals surface area contributed by atoms with Crippen molar-refractivity contribution in [1.82, 2.24) is 10.6 Å². The van der Waals surface area contributed by atoms with Gasteiger partial charge in [0.05, 0.1) is 6.42 Å². The van der Waals surface area contributed by atoms with Crippen LogP contribution in [0.1, 0.15) is 19.3 Å². The third-order valence-electron chi connectivity index (χ3n) is 2.64. The number of rotatable bonds is 11. The zero-order valence-electron chi connectivity index (χ0n) is 12.6. The van der Waals surface area contributed by atoms with Gasteiger partial charge < -0.3 is 35.7 Å². The first-order chi connectivity index (χ1) is 11.3. The lowest BCUT2D eigenvalue weighted by molar-refractivity contribution is -0.144. The lowest BCUT2D eigenvalue weighted by Crippen LogP contribution is -2.52. The molecule has 142 valence electrons. The second kappa shape index (κ2) is 9.71. The van der Waals surface area contributed by atoms with E-state index in [0.29, 0.717) is 0 Å². The van der Waals surface area contributed by atoms with Crippen LogP contribution in [0.15, 0.2) is 0 Å². The van der Waals surface area contributed by atoms with Gasteiger partial charge in [0.2, 0.25) is 11.8 Å². The summed E-state index contributed by atoms with van der Waals surface area (Å²) in [5, 5.41) is 29.8. The molecule has 0 aliphatic carbocycles. The summed E-state index contributed by atoms with van der Waals surface area (Å²) in [5.74, 6) is -7.01. The van der Waals surface area contributed by atoms with Crippen LogP contribution in [0, 0.1) is 0 Å². The fourth-order valence-electron chi connectivity index (χ4n) is 1.61. The second-order valence-corrected chi connectivity index (χ2v) is 6.52. The Morgan fingerprint density at radius 2 is 1.44 bits per heavy atom. The molecule has 0 aromatic heterocycles. The van der Waals surface area contributed by atoms with E-state index in [4.69, 9.17) is 25.1 Å². The van der Waals surface area contributed by atoms with Crippen LogP contribution in [0.5, 0.6) is 0 Å². The molecule has 7 N–H and O–H groups in total. The molecular weight excluding hydrogens is 367 g/mol. The minimum Gasteiger partial charge on any atom is -0.481 e. The van der Waals surface area contributed by atoms with Crippen LogP contribution in [-0.4, -0.2) is 73.1 Å². The molecule has 0 heterocycles. The molecule has 14 heteroatoms. The summed E-state index contributed by atoms with van der Waals surface area (Å²) < 4.78 is 10.7. The fraction of sp³-hybridized carbons (Fsp3) is 0.545. The Hall–Kier alpha value is -2.50. The maximum absolute atomic E-state index is 11.9. The number of carboxylic acids is 3. The molecule has 0 radical (unpaired) electrons. The molecule has 0 saturated heterocycles. The van der Waals surface area contributed by atoms with Crippen molar-refractivity contribution >= 4 is 37.3 Å². The largest absolute Gasteiger partial charge is 0.481 e. The summed E-state index contributed by atoms with van der Waals surface area (Å²) in [6.07, 6.45) is -3.36.